The van der Waals surface area contributed by atoms with Gasteiger partial charge in [-0.2, -0.15) is 0 Å². The molecule has 0 bridgehead atoms. The number of rotatable bonds is 1. The molecule has 0 N–H and O–H groups in total. The van der Waals surface area contributed by atoms with E-state index < -0.39 is 0 Å². The van der Waals surface area contributed by atoms with Crippen molar-refractivity contribution < 1.29 is 9.14 Å². The maximum Gasteiger partial charge on any atom is 0.350 e. The molecule has 1 aromatic carbocycles. The van der Waals surface area contributed by atoms with E-state index in [-0.39, 0.29) is 0 Å². The minimum absolute atomic E-state index is 0.325. The number of nitrogens with zero attached hydrogens (tertiary/aromatic N) is 2. The second-order valence-electron chi connectivity index (χ2n) is 5.81. The van der Waals surface area contributed by atoms with Gasteiger partial charge in [0.05, 0.1) is 6.92 Å². The van der Waals surface area contributed by atoms with Crippen LogP contribution in [0.3, 0.4) is 0 Å². The molecule has 102 valence electrons. The summed E-state index contributed by atoms with van der Waals surface area (Å²) in [6.07, 6.45) is 4.74. The third-order valence-electron chi connectivity index (χ3n) is 4.57. The Morgan fingerprint density at radius 3 is 2.40 bits per heavy atom. The molecule has 2 aromatic rings. The molecule has 0 spiro atoms. The monoisotopic (exact) mass is 266 g/mol. The van der Waals surface area contributed by atoms with E-state index in [1.807, 2.05) is 0 Å². The SMILES string of the molecule is Cc1cc(C)c([N+]2=Cc3cccc[n+]3C2C)c(C)c1C. The first-order valence-corrected chi connectivity index (χ1v) is 7.21. The summed E-state index contributed by atoms with van der Waals surface area (Å²) in [5, 5.41) is 0. The molecule has 0 saturated heterocycles. The van der Waals surface area contributed by atoms with Crippen molar-refractivity contribution in [3.8, 4) is 0 Å². The fourth-order valence-corrected chi connectivity index (χ4v) is 3.22. The van der Waals surface area contributed by atoms with Gasteiger partial charge in [0.15, 0.2) is 6.20 Å². The fraction of sp³-hybridized carbons (Fsp3) is 0.333. The summed E-state index contributed by atoms with van der Waals surface area (Å²) in [4.78, 5) is 0. The molecule has 1 unspecified atom stereocenters. The molecule has 1 aliphatic rings. The van der Waals surface area contributed by atoms with Gasteiger partial charge in [0.25, 0.3) is 5.69 Å². The van der Waals surface area contributed by atoms with Gasteiger partial charge >= 0.3 is 6.17 Å². The molecule has 3 rings (SSSR count). The maximum absolute atomic E-state index is 2.40. The molecule has 2 heterocycles. The van der Waals surface area contributed by atoms with E-state index in [1.165, 1.54) is 33.6 Å². The van der Waals surface area contributed by atoms with Gasteiger partial charge in [-0.25, -0.2) is 0 Å². The predicted octanol–water partition coefficient (Wildman–Crippen LogP) is 3.50. The molecule has 0 amide bonds. The minimum Gasteiger partial charge on any atom is -0.132 e. The van der Waals surface area contributed by atoms with Crippen molar-refractivity contribution in [2.24, 2.45) is 0 Å². The van der Waals surface area contributed by atoms with Crippen molar-refractivity contribution in [3.05, 3.63) is 58.4 Å². The Balaban J connectivity index is 2.20. The highest BCUT2D eigenvalue weighted by atomic mass is 15.3. The van der Waals surface area contributed by atoms with Gasteiger partial charge < -0.3 is 0 Å². The van der Waals surface area contributed by atoms with Crippen LogP contribution in [0, 0.1) is 27.7 Å². The molecule has 0 aliphatic carbocycles. The molecule has 2 nitrogen and oxygen atoms in total. The number of pyridine rings is 1. The van der Waals surface area contributed by atoms with Gasteiger partial charge in [0, 0.05) is 23.3 Å². The first kappa shape index (κ1) is 13.0. The van der Waals surface area contributed by atoms with Crippen molar-refractivity contribution in [2.45, 2.75) is 40.8 Å². The van der Waals surface area contributed by atoms with Crippen LogP contribution in [0.25, 0.3) is 0 Å². The van der Waals surface area contributed by atoms with E-state index in [4.69, 9.17) is 0 Å². The first-order valence-electron chi connectivity index (χ1n) is 7.21. The van der Waals surface area contributed by atoms with Crippen molar-refractivity contribution in [3.63, 3.8) is 0 Å². The van der Waals surface area contributed by atoms with Crippen LogP contribution in [-0.4, -0.2) is 10.8 Å². The summed E-state index contributed by atoms with van der Waals surface area (Å²) in [5.41, 5.74) is 8.12. The highest BCUT2D eigenvalue weighted by Gasteiger charge is 2.38. The highest BCUT2D eigenvalue weighted by Crippen LogP contribution is 2.31. The van der Waals surface area contributed by atoms with Crippen LogP contribution in [-0.2, 0) is 0 Å². The Morgan fingerprint density at radius 1 is 0.950 bits per heavy atom. The maximum atomic E-state index is 2.40. The molecule has 0 radical (unpaired) electrons. The lowest BCUT2D eigenvalue weighted by atomic mass is 9.98. The molecular weight excluding hydrogens is 244 g/mol. The van der Waals surface area contributed by atoms with Gasteiger partial charge in [-0.15, -0.1) is 9.14 Å². The Hall–Kier alpha value is -1.96. The largest absolute Gasteiger partial charge is 0.350 e. The molecule has 1 aromatic heterocycles. The topological polar surface area (TPSA) is 6.89 Å². The van der Waals surface area contributed by atoms with Gasteiger partial charge in [-0.1, -0.05) is 0 Å². The van der Waals surface area contributed by atoms with E-state index in [9.17, 15) is 0 Å². The van der Waals surface area contributed by atoms with Crippen molar-refractivity contribution in [1.29, 1.82) is 0 Å². The van der Waals surface area contributed by atoms with E-state index in [0.29, 0.717) is 6.17 Å². The van der Waals surface area contributed by atoms with E-state index >= 15 is 0 Å². The van der Waals surface area contributed by atoms with Gasteiger partial charge in [-0.3, -0.25) is 0 Å². The number of aromatic nitrogens is 1. The standard InChI is InChI=1S/C18H22N2/c1-12-10-13(2)18(15(4)14(12)3)20-11-17-8-6-7-9-19(17)16(20)5/h6-11,16H,1-5H3/q+2. The molecule has 20 heavy (non-hydrogen) atoms. The van der Waals surface area contributed by atoms with Crippen LogP contribution in [0.15, 0.2) is 30.5 Å². The van der Waals surface area contributed by atoms with Crippen LogP contribution in [0.1, 0.15) is 41.0 Å². The number of benzene rings is 1. The van der Waals surface area contributed by atoms with E-state index in [2.05, 4.69) is 80.4 Å². The second-order valence-corrected chi connectivity index (χ2v) is 5.81. The molecule has 0 saturated carbocycles. The smallest absolute Gasteiger partial charge is 0.132 e. The zero-order valence-electron chi connectivity index (χ0n) is 12.9. The zero-order valence-corrected chi connectivity index (χ0v) is 12.9. The van der Waals surface area contributed by atoms with Crippen molar-refractivity contribution >= 4 is 11.9 Å². The quantitative estimate of drug-likeness (QED) is 0.697. The van der Waals surface area contributed by atoms with Gasteiger partial charge in [-0.05, 0) is 51.0 Å². The average Bonchev–Trinajstić information content (AvgIpc) is 2.74. The summed E-state index contributed by atoms with van der Waals surface area (Å²) in [5.74, 6) is 0. The van der Waals surface area contributed by atoms with Crippen LogP contribution >= 0.6 is 0 Å². The normalized spacial score (nSPS) is 17.1. The molecule has 1 aliphatic heterocycles. The number of hydrogen-bond donors (Lipinski definition) is 0. The Morgan fingerprint density at radius 2 is 1.70 bits per heavy atom. The minimum atomic E-state index is 0.325. The Labute approximate surface area is 121 Å². The molecule has 0 fully saturated rings. The fourth-order valence-electron chi connectivity index (χ4n) is 3.22. The summed E-state index contributed by atoms with van der Waals surface area (Å²) in [6.45, 7) is 11.1. The van der Waals surface area contributed by atoms with Crippen LogP contribution in [0.4, 0.5) is 5.69 Å². The van der Waals surface area contributed by atoms with E-state index in [0.717, 1.165) is 0 Å². The van der Waals surface area contributed by atoms with Crippen LogP contribution in [0.5, 0.6) is 0 Å². The zero-order chi connectivity index (χ0) is 14.4. The van der Waals surface area contributed by atoms with E-state index in [1.54, 1.807) is 0 Å². The van der Waals surface area contributed by atoms with Crippen LogP contribution < -0.4 is 4.57 Å². The lowest BCUT2D eigenvalue weighted by molar-refractivity contribution is -0.838. The first-order chi connectivity index (χ1) is 9.50. The summed E-state index contributed by atoms with van der Waals surface area (Å²) in [7, 11) is 0. The van der Waals surface area contributed by atoms with Crippen molar-refractivity contribution in [2.75, 3.05) is 0 Å². The van der Waals surface area contributed by atoms with Crippen LogP contribution in [0.2, 0.25) is 0 Å². The average molecular weight is 266 g/mol. The summed E-state index contributed by atoms with van der Waals surface area (Å²) < 4.78 is 4.71. The third-order valence-corrected chi connectivity index (χ3v) is 4.57. The second kappa shape index (κ2) is 4.55. The third kappa shape index (κ3) is 1.79. The van der Waals surface area contributed by atoms with Gasteiger partial charge in [0.1, 0.15) is 0 Å². The molecule has 1 atom stereocenters. The Kier molecular flexibility index (Phi) is 2.97. The van der Waals surface area contributed by atoms with Crippen molar-refractivity contribution in [1.82, 2.24) is 0 Å². The summed E-state index contributed by atoms with van der Waals surface area (Å²) in [6, 6.07) is 8.66. The Bertz CT molecular complexity index is 726. The lowest BCUT2D eigenvalue weighted by Crippen LogP contribution is -2.40. The highest BCUT2D eigenvalue weighted by molar-refractivity contribution is 5.73. The van der Waals surface area contributed by atoms with Gasteiger partial charge in [0.2, 0.25) is 11.9 Å². The number of hydrogen-bond acceptors (Lipinski definition) is 0. The predicted molar refractivity (Wildman–Crippen MR) is 81.8 cm³/mol. The number of fused-ring (bicyclic) bond motifs is 1. The number of aryl methyl sites for hydroxylation is 2. The molecular formula is C18H22N2+2. The lowest BCUT2D eigenvalue weighted by Gasteiger charge is -2.12. The molecule has 2 heteroatoms. The summed E-state index contributed by atoms with van der Waals surface area (Å²) >= 11 is 0.